The molecule has 172 valence electrons. The molecule has 0 unspecified atom stereocenters. The Hall–Kier alpha value is -3.17. The number of thioether (sulfide) groups is 1. The Morgan fingerprint density at radius 1 is 1.15 bits per heavy atom. The number of aromatic hydroxyl groups is 1. The number of aromatic nitrogens is 3. The lowest BCUT2D eigenvalue weighted by Crippen LogP contribution is -2.17. The van der Waals surface area contributed by atoms with Crippen molar-refractivity contribution in [2.45, 2.75) is 44.0 Å². The van der Waals surface area contributed by atoms with E-state index in [4.69, 9.17) is 4.74 Å². The highest BCUT2D eigenvalue weighted by molar-refractivity contribution is 7.99. The van der Waals surface area contributed by atoms with Gasteiger partial charge in [-0.1, -0.05) is 18.7 Å². The third-order valence-corrected chi connectivity index (χ3v) is 6.36. The SMILES string of the molecule is CCC(=O)Nc1ccc(C(=O)CSc2nnc(-c3ccc(O)cc3)n2C[C@H]2CCCO2)cc1. The predicted octanol–water partition coefficient (Wildman–Crippen LogP) is 4.15. The van der Waals surface area contributed by atoms with Crippen LogP contribution in [0.25, 0.3) is 11.4 Å². The number of ketones is 1. The van der Waals surface area contributed by atoms with E-state index in [2.05, 4.69) is 15.5 Å². The Morgan fingerprint density at radius 2 is 1.91 bits per heavy atom. The molecule has 0 bridgehead atoms. The van der Waals surface area contributed by atoms with Crippen LogP contribution >= 0.6 is 11.8 Å². The Balaban J connectivity index is 1.48. The van der Waals surface area contributed by atoms with Gasteiger partial charge in [-0.15, -0.1) is 10.2 Å². The lowest BCUT2D eigenvalue weighted by Gasteiger charge is -2.14. The molecule has 1 aliphatic heterocycles. The number of hydrogen-bond acceptors (Lipinski definition) is 7. The van der Waals surface area contributed by atoms with Crippen LogP contribution in [0.3, 0.4) is 0 Å². The fourth-order valence-electron chi connectivity index (χ4n) is 3.58. The van der Waals surface area contributed by atoms with Gasteiger partial charge >= 0.3 is 0 Å². The van der Waals surface area contributed by atoms with Crippen LogP contribution < -0.4 is 5.32 Å². The first-order chi connectivity index (χ1) is 16.0. The molecule has 0 spiro atoms. The van der Waals surface area contributed by atoms with Crippen molar-refractivity contribution in [3.8, 4) is 17.1 Å². The number of anilines is 1. The van der Waals surface area contributed by atoms with E-state index in [9.17, 15) is 14.7 Å². The number of nitrogens with zero attached hydrogens (tertiary/aromatic N) is 3. The van der Waals surface area contributed by atoms with Gasteiger partial charge in [0.2, 0.25) is 5.91 Å². The standard InChI is InChI=1S/C24H26N4O4S/c1-2-22(31)25-18-9-5-16(6-10-18)21(30)15-33-24-27-26-23(17-7-11-19(29)12-8-17)28(24)14-20-4-3-13-32-20/h5-12,20,29H,2-4,13-15H2,1H3,(H,25,31)/t20-/m1/s1. The summed E-state index contributed by atoms with van der Waals surface area (Å²) in [6.07, 6.45) is 2.47. The van der Waals surface area contributed by atoms with Crippen LogP contribution in [-0.4, -0.2) is 50.0 Å². The van der Waals surface area contributed by atoms with Crippen molar-refractivity contribution in [3.05, 3.63) is 54.1 Å². The fourth-order valence-corrected chi connectivity index (χ4v) is 4.42. The van der Waals surface area contributed by atoms with E-state index < -0.39 is 0 Å². The van der Waals surface area contributed by atoms with Crippen LogP contribution in [0.1, 0.15) is 36.5 Å². The molecule has 2 heterocycles. The monoisotopic (exact) mass is 466 g/mol. The van der Waals surface area contributed by atoms with E-state index in [1.807, 2.05) is 4.57 Å². The minimum absolute atomic E-state index is 0.0359. The summed E-state index contributed by atoms with van der Waals surface area (Å²) in [4.78, 5) is 24.3. The largest absolute Gasteiger partial charge is 0.508 e. The Kier molecular flexibility index (Phi) is 7.41. The number of phenols is 1. The third-order valence-electron chi connectivity index (χ3n) is 5.40. The Bertz CT molecular complexity index is 1110. The molecule has 1 aromatic heterocycles. The predicted molar refractivity (Wildman–Crippen MR) is 127 cm³/mol. The number of carbonyl (C=O) groups is 2. The van der Waals surface area contributed by atoms with E-state index >= 15 is 0 Å². The molecule has 9 heteroatoms. The lowest BCUT2D eigenvalue weighted by molar-refractivity contribution is -0.115. The molecule has 2 aromatic carbocycles. The van der Waals surface area contributed by atoms with Gasteiger partial charge in [0, 0.05) is 29.8 Å². The summed E-state index contributed by atoms with van der Waals surface area (Å²) in [7, 11) is 0. The fraction of sp³-hybridized carbons (Fsp3) is 0.333. The minimum atomic E-state index is -0.0698. The third kappa shape index (κ3) is 5.80. The zero-order chi connectivity index (χ0) is 23.2. The molecular weight excluding hydrogens is 440 g/mol. The molecule has 1 amide bonds. The average molecular weight is 467 g/mol. The molecule has 1 fully saturated rings. The van der Waals surface area contributed by atoms with Gasteiger partial charge in [0.25, 0.3) is 0 Å². The number of rotatable bonds is 9. The van der Waals surface area contributed by atoms with Crippen molar-refractivity contribution in [2.24, 2.45) is 0 Å². The van der Waals surface area contributed by atoms with Gasteiger partial charge in [0.1, 0.15) is 5.75 Å². The van der Waals surface area contributed by atoms with Gasteiger partial charge in [-0.2, -0.15) is 0 Å². The Morgan fingerprint density at radius 3 is 2.58 bits per heavy atom. The van der Waals surface area contributed by atoms with Gasteiger partial charge in [-0.3, -0.25) is 14.2 Å². The van der Waals surface area contributed by atoms with Crippen LogP contribution in [0, 0.1) is 0 Å². The zero-order valence-corrected chi connectivity index (χ0v) is 19.2. The second-order valence-electron chi connectivity index (χ2n) is 7.79. The maximum absolute atomic E-state index is 12.8. The number of hydrogen-bond donors (Lipinski definition) is 2. The zero-order valence-electron chi connectivity index (χ0n) is 18.4. The first-order valence-corrected chi connectivity index (χ1v) is 11.9. The van der Waals surface area contributed by atoms with Gasteiger partial charge in [0.05, 0.1) is 18.4 Å². The number of phenolic OH excluding ortho intramolecular Hbond substituents is 1. The number of amides is 1. The second kappa shape index (κ2) is 10.6. The van der Waals surface area contributed by atoms with Gasteiger partial charge in [0.15, 0.2) is 16.8 Å². The van der Waals surface area contributed by atoms with Gasteiger partial charge < -0.3 is 15.2 Å². The first kappa shape index (κ1) is 23.0. The first-order valence-electron chi connectivity index (χ1n) is 10.9. The van der Waals surface area contributed by atoms with Crippen molar-refractivity contribution in [3.63, 3.8) is 0 Å². The normalized spacial score (nSPS) is 15.5. The summed E-state index contributed by atoms with van der Waals surface area (Å²) < 4.78 is 7.80. The summed E-state index contributed by atoms with van der Waals surface area (Å²) in [5.41, 5.74) is 2.07. The summed E-state index contributed by atoms with van der Waals surface area (Å²) in [5, 5.41) is 21.7. The minimum Gasteiger partial charge on any atom is -0.508 e. The highest BCUT2D eigenvalue weighted by Gasteiger charge is 2.22. The van der Waals surface area contributed by atoms with E-state index in [-0.39, 0.29) is 29.3 Å². The van der Waals surface area contributed by atoms with Crippen molar-refractivity contribution in [2.75, 3.05) is 17.7 Å². The number of Topliss-reactive ketones (excluding diaryl/α,β-unsaturated/α-hetero) is 1. The quantitative estimate of drug-likeness (QED) is 0.360. The summed E-state index contributed by atoms with van der Waals surface area (Å²) in [5.74, 6) is 0.964. The maximum atomic E-state index is 12.8. The van der Waals surface area contributed by atoms with Crippen molar-refractivity contribution >= 4 is 29.1 Å². The molecule has 3 aromatic rings. The molecule has 1 aliphatic rings. The molecule has 33 heavy (non-hydrogen) atoms. The lowest BCUT2D eigenvalue weighted by atomic mass is 10.1. The summed E-state index contributed by atoms with van der Waals surface area (Å²) in [6, 6.07) is 13.7. The molecule has 0 radical (unpaired) electrons. The van der Waals surface area contributed by atoms with E-state index in [1.165, 1.54) is 11.8 Å². The topological polar surface area (TPSA) is 106 Å². The second-order valence-corrected chi connectivity index (χ2v) is 8.73. The van der Waals surface area contributed by atoms with Gasteiger partial charge in [-0.05, 0) is 61.4 Å². The Labute approximate surface area is 196 Å². The van der Waals surface area contributed by atoms with Gasteiger partial charge in [-0.25, -0.2) is 0 Å². The van der Waals surface area contributed by atoms with Crippen LogP contribution in [-0.2, 0) is 16.1 Å². The highest BCUT2D eigenvalue weighted by atomic mass is 32.2. The molecular formula is C24H26N4O4S. The molecule has 0 saturated carbocycles. The van der Waals surface area contributed by atoms with E-state index in [0.29, 0.717) is 35.2 Å². The molecule has 1 atom stereocenters. The van der Waals surface area contributed by atoms with Crippen LogP contribution in [0.4, 0.5) is 5.69 Å². The molecule has 0 aliphatic carbocycles. The van der Waals surface area contributed by atoms with E-state index in [1.54, 1.807) is 55.5 Å². The summed E-state index contributed by atoms with van der Waals surface area (Å²) in [6.45, 7) is 3.14. The van der Waals surface area contributed by atoms with Crippen molar-refractivity contribution in [1.29, 1.82) is 0 Å². The molecule has 1 saturated heterocycles. The molecule has 8 nitrogen and oxygen atoms in total. The van der Waals surface area contributed by atoms with Crippen LogP contribution in [0.2, 0.25) is 0 Å². The number of ether oxygens (including phenoxy) is 1. The smallest absolute Gasteiger partial charge is 0.224 e. The average Bonchev–Trinajstić information content (AvgIpc) is 3.49. The number of carbonyl (C=O) groups excluding carboxylic acids is 2. The summed E-state index contributed by atoms with van der Waals surface area (Å²) >= 11 is 1.34. The highest BCUT2D eigenvalue weighted by Crippen LogP contribution is 2.28. The van der Waals surface area contributed by atoms with Crippen molar-refractivity contribution in [1.82, 2.24) is 14.8 Å². The number of nitrogens with one attached hydrogen (secondary N) is 1. The van der Waals surface area contributed by atoms with Crippen LogP contribution in [0.15, 0.2) is 53.7 Å². The van der Waals surface area contributed by atoms with Crippen LogP contribution in [0.5, 0.6) is 5.75 Å². The van der Waals surface area contributed by atoms with E-state index in [0.717, 1.165) is 25.0 Å². The van der Waals surface area contributed by atoms with Crippen molar-refractivity contribution < 1.29 is 19.4 Å². The molecule has 2 N–H and O–H groups in total. The number of benzene rings is 2. The maximum Gasteiger partial charge on any atom is 0.224 e. The molecule has 4 rings (SSSR count).